The Balaban J connectivity index is 1.15. The number of alkyl halides is 3. The van der Waals surface area contributed by atoms with Gasteiger partial charge in [0.25, 0.3) is 0 Å². The number of amidine groups is 1. The second-order valence-corrected chi connectivity index (χ2v) is 10.5. The van der Waals surface area contributed by atoms with Crippen molar-refractivity contribution in [2.75, 3.05) is 16.0 Å². The second kappa shape index (κ2) is 12.2. The Morgan fingerprint density at radius 3 is 2.38 bits per heavy atom. The number of aromatic nitrogens is 3. The lowest BCUT2D eigenvalue weighted by Crippen LogP contribution is -2.30. The maximum Gasteiger partial charge on any atom is 0.573 e. The molecule has 0 radical (unpaired) electrons. The van der Waals surface area contributed by atoms with Crippen molar-refractivity contribution in [2.24, 2.45) is 4.99 Å². The Labute approximate surface area is 257 Å². The van der Waals surface area contributed by atoms with Gasteiger partial charge in [-0.15, -0.1) is 18.3 Å². The van der Waals surface area contributed by atoms with E-state index in [1.54, 1.807) is 6.07 Å². The Hall–Kier alpha value is -5.50. The third kappa shape index (κ3) is 6.86. The fraction of sp³-hybridized carbons (Fsp3) is 0.0645. The van der Waals surface area contributed by atoms with Crippen molar-refractivity contribution < 1.29 is 31.9 Å². The predicted molar refractivity (Wildman–Crippen MR) is 162 cm³/mol. The van der Waals surface area contributed by atoms with E-state index in [1.165, 1.54) is 40.2 Å². The quantitative estimate of drug-likeness (QED) is 0.197. The molecule has 2 heterocycles. The molecule has 0 saturated carbocycles. The molecule has 5 aromatic rings. The number of hydrogen-bond acceptors (Lipinski definition) is 6. The summed E-state index contributed by atoms with van der Waals surface area (Å²) in [6.45, 7) is 0. The first-order valence-electron chi connectivity index (χ1n) is 13.2. The topological polar surface area (TPSA) is 102 Å². The molecular weight excluding hydrogens is 612 g/mol. The summed E-state index contributed by atoms with van der Waals surface area (Å²) in [4.78, 5) is 35.1. The number of benzene rings is 4. The molecule has 9 nitrogen and oxygen atoms in total. The van der Waals surface area contributed by atoms with Crippen molar-refractivity contribution in [3.05, 3.63) is 109 Å². The van der Waals surface area contributed by atoms with Crippen LogP contribution in [0.2, 0.25) is 0 Å². The van der Waals surface area contributed by atoms with Crippen LogP contribution < -0.4 is 15.0 Å². The molecule has 1 fully saturated rings. The van der Waals surface area contributed by atoms with Crippen LogP contribution in [-0.4, -0.2) is 44.0 Å². The predicted octanol–water partition coefficient (Wildman–Crippen LogP) is 7.31. The zero-order chi connectivity index (χ0) is 31.6. The van der Waals surface area contributed by atoms with E-state index >= 15 is 4.39 Å². The SMILES string of the molecule is O=C(N=C1SCC(=O)N1c1cccc(-c2ccccc2)c1)Nc1ccc(-c2ncn(-c3ccc(OC(F)(F)F)cc3)n2)cc1F. The Morgan fingerprint density at radius 1 is 0.889 bits per heavy atom. The number of carbonyl (C=O) groups excluding carboxylic acids is 2. The average Bonchev–Trinajstić information content (AvgIpc) is 3.65. The third-order valence-corrected chi connectivity index (χ3v) is 7.39. The first-order valence-corrected chi connectivity index (χ1v) is 14.2. The Kier molecular flexibility index (Phi) is 8.04. The number of amides is 3. The van der Waals surface area contributed by atoms with Gasteiger partial charge in [-0.3, -0.25) is 9.69 Å². The number of aliphatic imine (C=N–C) groups is 1. The van der Waals surface area contributed by atoms with Crippen LogP contribution in [0.4, 0.5) is 33.7 Å². The van der Waals surface area contributed by atoms with Crippen LogP contribution in [0.1, 0.15) is 0 Å². The fourth-order valence-corrected chi connectivity index (χ4v) is 5.33. The highest BCUT2D eigenvalue weighted by Crippen LogP contribution is 2.31. The van der Waals surface area contributed by atoms with Crippen LogP contribution >= 0.6 is 11.8 Å². The van der Waals surface area contributed by atoms with Crippen LogP contribution in [-0.2, 0) is 4.79 Å². The molecule has 1 N–H and O–H groups in total. The molecule has 1 aliphatic rings. The monoisotopic (exact) mass is 632 g/mol. The van der Waals surface area contributed by atoms with E-state index in [4.69, 9.17) is 0 Å². The molecule has 0 aliphatic carbocycles. The molecule has 1 aromatic heterocycles. The summed E-state index contributed by atoms with van der Waals surface area (Å²) in [5.74, 6) is -1.19. The van der Waals surface area contributed by atoms with Gasteiger partial charge in [0, 0.05) is 5.56 Å². The molecule has 14 heteroatoms. The van der Waals surface area contributed by atoms with E-state index in [0.29, 0.717) is 11.4 Å². The van der Waals surface area contributed by atoms with Gasteiger partial charge < -0.3 is 10.1 Å². The molecule has 4 aromatic carbocycles. The molecule has 3 amide bonds. The lowest BCUT2D eigenvalue weighted by Gasteiger charge is -2.17. The maximum atomic E-state index is 15.0. The minimum absolute atomic E-state index is 0.0931. The van der Waals surface area contributed by atoms with Crippen molar-refractivity contribution in [1.82, 2.24) is 14.8 Å². The Morgan fingerprint density at radius 2 is 1.64 bits per heavy atom. The molecule has 1 aliphatic heterocycles. The van der Waals surface area contributed by atoms with Gasteiger partial charge in [-0.05, 0) is 65.7 Å². The van der Waals surface area contributed by atoms with E-state index in [1.807, 2.05) is 48.5 Å². The summed E-state index contributed by atoms with van der Waals surface area (Å²) in [6, 6.07) is 25.0. The summed E-state index contributed by atoms with van der Waals surface area (Å²) < 4.78 is 57.4. The normalized spacial score (nSPS) is 14.2. The maximum absolute atomic E-state index is 15.0. The number of thioether (sulfide) groups is 1. The number of carbonyl (C=O) groups is 2. The van der Waals surface area contributed by atoms with Gasteiger partial charge in [0.1, 0.15) is 17.9 Å². The van der Waals surface area contributed by atoms with Crippen LogP contribution in [0.5, 0.6) is 5.75 Å². The highest BCUT2D eigenvalue weighted by molar-refractivity contribution is 8.15. The zero-order valence-electron chi connectivity index (χ0n) is 22.9. The Bertz CT molecular complexity index is 1910. The smallest absolute Gasteiger partial charge is 0.406 e. The van der Waals surface area contributed by atoms with E-state index in [0.717, 1.165) is 41.1 Å². The summed E-state index contributed by atoms with van der Waals surface area (Å²) in [6.07, 6.45) is -3.49. The van der Waals surface area contributed by atoms with Crippen molar-refractivity contribution in [2.45, 2.75) is 6.36 Å². The largest absolute Gasteiger partial charge is 0.573 e. The van der Waals surface area contributed by atoms with Crippen molar-refractivity contribution in [1.29, 1.82) is 0 Å². The third-order valence-electron chi connectivity index (χ3n) is 6.47. The van der Waals surface area contributed by atoms with Crippen LogP contribution in [0, 0.1) is 5.82 Å². The molecule has 226 valence electrons. The lowest BCUT2D eigenvalue weighted by molar-refractivity contribution is -0.274. The van der Waals surface area contributed by atoms with Crippen LogP contribution in [0.25, 0.3) is 28.2 Å². The molecule has 0 spiro atoms. The molecule has 6 rings (SSSR count). The molecular formula is C31H20F4N6O3S. The van der Waals surface area contributed by atoms with Gasteiger partial charge in [0.2, 0.25) is 5.91 Å². The summed E-state index contributed by atoms with van der Waals surface area (Å²) in [7, 11) is 0. The van der Waals surface area contributed by atoms with Crippen molar-refractivity contribution in [3.63, 3.8) is 0 Å². The summed E-state index contributed by atoms with van der Waals surface area (Å²) in [5, 5.41) is 6.81. The minimum atomic E-state index is -4.81. The fourth-order valence-electron chi connectivity index (χ4n) is 4.46. The number of ether oxygens (including phenoxy) is 1. The molecule has 0 unspecified atom stereocenters. The van der Waals surface area contributed by atoms with Gasteiger partial charge in [0.15, 0.2) is 11.0 Å². The number of hydrogen-bond donors (Lipinski definition) is 1. The number of urea groups is 1. The van der Waals surface area contributed by atoms with E-state index in [-0.39, 0.29) is 39.7 Å². The second-order valence-electron chi connectivity index (χ2n) is 9.51. The average molecular weight is 633 g/mol. The summed E-state index contributed by atoms with van der Waals surface area (Å²) in [5.41, 5.74) is 2.93. The van der Waals surface area contributed by atoms with E-state index in [2.05, 4.69) is 25.1 Å². The lowest BCUT2D eigenvalue weighted by atomic mass is 10.1. The minimum Gasteiger partial charge on any atom is -0.406 e. The first-order chi connectivity index (χ1) is 21.6. The van der Waals surface area contributed by atoms with Crippen LogP contribution in [0.3, 0.4) is 0 Å². The number of nitrogens with one attached hydrogen (secondary N) is 1. The first kappa shape index (κ1) is 29.6. The highest BCUT2D eigenvalue weighted by atomic mass is 32.2. The number of anilines is 2. The molecule has 45 heavy (non-hydrogen) atoms. The number of rotatable bonds is 6. The summed E-state index contributed by atoms with van der Waals surface area (Å²) >= 11 is 1.10. The van der Waals surface area contributed by atoms with E-state index in [9.17, 15) is 22.8 Å². The molecule has 0 bridgehead atoms. The van der Waals surface area contributed by atoms with Crippen molar-refractivity contribution in [3.8, 4) is 34.0 Å². The van der Waals surface area contributed by atoms with Gasteiger partial charge in [-0.2, -0.15) is 4.99 Å². The standard InChI is InChI=1S/C31H20F4N6O3S/c32-25-16-21(28-36-18-40(39-28)22-10-12-24(13-11-22)44-31(33,34)35)9-14-26(25)37-29(43)38-30-41(27(42)17-45-30)23-8-4-7-20(15-23)19-5-2-1-3-6-19/h1-16,18H,17H2,(H,37,43). The molecule has 1 saturated heterocycles. The number of halogens is 4. The van der Waals surface area contributed by atoms with Crippen molar-refractivity contribution >= 4 is 40.2 Å². The van der Waals surface area contributed by atoms with Crippen LogP contribution in [0.15, 0.2) is 108 Å². The van der Waals surface area contributed by atoms with Gasteiger partial charge >= 0.3 is 12.4 Å². The van der Waals surface area contributed by atoms with E-state index < -0.39 is 18.2 Å². The highest BCUT2D eigenvalue weighted by Gasteiger charge is 2.32. The van der Waals surface area contributed by atoms with Gasteiger partial charge in [-0.25, -0.2) is 18.9 Å². The van der Waals surface area contributed by atoms with Gasteiger partial charge in [-0.1, -0.05) is 54.2 Å². The zero-order valence-corrected chi connectivity index (χ0v) is 23.7. The van der Waals surface area contributed by atoms with Gasteiger partial charge in [0.05, 0.1) is 22.8 Å². The number of nitrogens with zero attached hydrogens (tertiary/aromatic N) is 5. The molecule has 0 atom stereocenters.